The Morgan fingerprint density at radius 1 is 1.28 bits per heavy atom. The zero-order valence-corrected chi connectivity index (χ0v) is 15.7. The number of amides is 1. The van der Waals surface area contributed by atoms with Gasteiger partial charge in [-0.05, 0) is 31.0 Å². The average Bonchev–Trinajstić information content (AvgIpc) is 3.24. The maximum Gasteiger partial charge on any atom is 0.232 e. The highest BCUT2D eigenvalue weighted by Gasteiger charge is 2.48. The monoisotopic (exact) mass is 399 g/mol. The van der Waals surface area contributed by atoms with E-state index in [-0.39, 0.29) is 23.8 Å². The standard InChI is InChI=1S/C21H19F2N3O3/c1-11-19(26(20(11)27)12-2-3-16-17(6-12)25-10-24-16)18-14(22)7-13(8-15(18)23)29-9-21(28)4-5-21/h2-3,6-8,10-11,19,28H,4-5,9H2,1H3,(H,24,25). The third-order valence-corrected chi connectivity index (χ3v) is 5.74. The van der Waals surface area contributed by atoms with Crippen molar-refractivity contribution < 1.29 is 23.4 Å². The second kappa shape index (κ2) is 6.25. The molecule has 1 aromatic heterocycles. The number of halogens is 2. The number of hydrogen-bond donors (Lipinski definition) is 2. The lowest BCUT2D eigenvalue weighted by molar-refractivity contribution is -0.129. The molecule has 0 spiro atoms. The number of aliphatic hydroxyl groups is 1. The smallest absolute Gasteiger partial charge is 0.232 e. The molecule has 1 saturated heterocycles. The first kappa shape index (κ1) is 18.1. The minimum Gasteiger partial charge on any atom is -0.490 e. The van der Waals surface area contributed by atoms with Gasteiger partial charge in [0.15, 0.2) is 0 Å². The number of aromatic nitrogens is 2. The molecule has 150 valence electrons. The van der Waals surface area contributed by atoms with E-state index in [0.29, 0.717) is 24.0 Å². The fourth-order valence-electron chi connectivity index (χ4n) is 3.80. The normalized spacial score (nSPS) is 22.6. The van der Waals surface area contributed by atoms with Crippen molar-refractivity contribution >= 4 is 22.6 Å². The summed E-state index contributed by atoms with van der Waals surface area (Å²) >= 11 is 0. The molecule has 2 heterocycles. The molecule has 0 radical (unpaired) electrons. The van der Waals surface area contributed by atoms with Crippen molar-refractivity contribution in [2.45, 2.75) is 31.4 Å². The van der Waals surface area contributed by atoms with Crippen LogP contribution in [0, 0.1) is 17.6 Å². The number of anilines is 1. The first-order valence-electron chi connectivity index (χ1n) is 9.47. The zero-order valence-electron chi connectivity index (χ0n) is 15.7. The summed E-state index contributed by atoms with van der Waals surface area (Å²) in [6.45, 7) is 1.65. The van der Waals surface area contributed by atoms with Gasteiger partial charge in [-0.3, -0.25) is 4.79 Å². The Morgan fingerprint density at radius 2 is 2.00 bits per heavy atom. The number of fused-ring (bicyclic) bond motifs is 1. The molecular formula is C21H19F2N3O3. The van der Waals surface area contributed by atoms with E-state index >= 15 is 0 Å². The molecule has 2 aliphatic rings. The summed E-state index contributed by atoms with van der Waals surface area (Å²) in [5.41, 5.74) is 0.950. The molecule has 29 heavy (non-hydrogen) atoms. The van der Waals surface area contributed by atoms with Crippen molar-refractivity contribution in [3.8, 4) is 5.75 Å². The van der Waals surface area contributed by atoms with Gasteiger partial charge in [-0.1, -0.05) is 6.92 Å². The number of aromatic amines is 1. The lowest BCUT2D eigenvalue weighted by Crippen LogP contribution is -2.54. The van der Waals surface area contributed by atoms with Crippen LogP contribution in [-0.4, -0.2) is 33.2 Å². The third kappa shape index (κ3) is 2.95. The SMILES string of the molecule is CC1C(=O)N(c2ccc3[nH]cnc3c2)C1c1c(F)cc(OCC2(O)CC2)cc1F. The minimum atomic E-state index is -0.887. The predicted molar refractivity (Wildman–Crippen MR) is 102 cm³/mol. The molecule has 2 unspecified atom stereocenters. The van der Waals surface area contributed by atoms with E-state index in [1.165, 1.54) is 4.90 Å². The summed E-state index contributed by atoms with van der Waals surface area (Å²) in [4.78, 5) is 21.1. The van der Waals surface area contributed by atoms with Gasteiger partial charge >= 0.3 is 0 Å². The Bertz CT molecular complexity index is 1100. The molecule has 5 rings (SSSR count). The van der Waals surface area contributed by atoms with Gasteiger partial charge < -0.3 is 19.7 Å². The maximum absolute atomic E-state index is 14.9. The lowest BCUT2D eigenvalue weighted by Gasteiger charge is -2.46. The number of imidazole rings is 1. The summed E-state index contributed by atoms with van der Waals surface area (Å²) in [5.74, 6) is -2.31. The van der Waals surface area contributed by atoms with Gasteiger partial charge in [0.1, 0.15) is 24.0 Å². The van der Waals surface area contributed by atoms with Gasteiger partial charge in [0.05, 0.1) is 34.9 Å². The van der Waals surface area contributed by atoms with E-state index in [1.807, 2.05) is 0 Å². The quantitative estimate of drug-likeness (QED) is 0.644. The summed E-state index contributed by atoms with van der Waals surface area (Å²) in [7, 11) is 0. The Hall–Kier alpha value is -3.00. The van der Waals surface area contributed by atoms with Crippen molar-refractivity contribution in [2.24, 2.45) is 5.92 Å². The number of benzene rings is 2. The Kier molecular flexibility index (Phi) is 3.89. The molecule has 6 nitrogen and oxygen atoms in total. The van der Waals surface area contributed by atoms with Gasteiger partial charge in [-0.15, -0.1) is 0 Å². The van der Waals surface area contributed by atoms with E-state index in [4.69, 9.17) is 4.74 Å². The molecule has 2 atom stereocenters. The number of ether oxygens (including phenoxy) is 1. The van der Waals surface area contributed by atoms with Crippen LogP contribution >= 0.6 is 0 Å². The third-order valence-electron chi connectivity index (χ3n) is 5.74. The predicted octanol–water partition coefficient (Wildman–Crippen LogP) is 3.47. The topological polar surface area (TPSA) is 78.5 Å². The van der Waals surface area contributed by atoms with Crippen LogP contribution in [0.4, 0.5) is 14.5 Å². The number of β-lactam (4-membered cyclic amide) rings is 1. The van der Waals surface area contributed by atoms with Gasteiger partial charge in [-0.25, -0.2) is 13.8 Å². The molecule has 2 fully saturated rings. The second-order valence-electron chi connectivity index (χ2n) is 7.86. The van der Waals surface area contributed by atoms with Crippen LogP contribution in [0.3, 0.4) is 0 Å². The largest absolute Gasteiger partial charge is 0.490 e. The average molecular weight is 399 g/mol. The van der Waals surface area contributed by atoms with Crippen LogP contribution in [0.5, 0.6) is 5.75 Å². The van der Waals surface area contributed by atoms with Gasteiger partial charge in [0.2, 0.25) is 5.91 Å². The van der Waals surface area contributed by atoms with Crippen LogP contribution in [0.1, 0.15) is 31.4 Å². The summed E-state index contributed by atoms with van der Waals surface area (Å²) in [6.07, 6.45) is 2.78. The minimum absolute atomic E-state index is 0.000647. The highest BCUT2D eigenvalue weighted by molar-refractivity contribution is 6.04. The molecule has 2 aromatic carbocycles. The van der Waals surface area contributed by atoms with Crippen LogP contribution in [0.25, 0.3) is 11.0 Å². The van der Waals surface area contributed by atoms with Gasteiger partial charge in [0.25, 0.3) is 0 Å². The number of H-pyrrole nitrogens is 1. The number of carbonyl (C=O) groups excluding carboxylic acids is 1. The summed E-state index contributed by atoms with van der Waals surface area (Å²) in [5, 5.41) is 9.84. The van der Waals surface area contributed by atoms with E-state index in [9.17, 15) is 18.7 Å². The van der Waals surface area contributed by atoms with Crippen molar-refractivity contribution in [1.29, 1.82) is 0 Å². The van der Waals surface area contributed by atoms with Gasteiger partial charge in [-0.2, -0.15) is 0 Å². The van der Waals surface area contributed by atoms with E-state index < -0.39 is 29.2 Å². The van der Waals surface area contributed by atoms with Crippen molar-refractivity contribution in [1.82, 2.24) is 9.97 Å². The van der Waals surface area contributed by atoms with Crippen LogP contribution in [0.2, 0.25) is 0 Å². The fourth-order valence-corrected chi connectivity index (χ4v) is 3.80. The highest BCUT2D eigenvalue weighted by atomic mass is 19.1. The van der Waals surface area contributed by atoms with Gasteiger partial charge in [0, 0.05) is 23.4 Å². The molecule has 1 saturated carbocycles. The first-order valence-corrected chi connectivity index (χ1v) is 9.47. The summed E-state index contributed by atoms with van der Waals surface area (Å²) < 4.78 is 35.1. The highest BCUT2D eigenvalue weighted by Crippen LogP contribution is 2.46. The first-order chi connectivity index (χ1) is 13.9. The number of nitrogens with zero attached hydrogens (tertiary/aromatic N) is 2. The van der Waals surface area contributed by atoms with Crippen molar-refractivity contribution in [2.75, 3.05) is 11.5 Å². The van der Waals surface area contributed by atoms with Crippen LogP contribution in [-0.2, 0) is 4.79 Å². The Balaban J connectivity index is 1.47. The fraction of sp³-hybridized carbons (Fsp3) is 0.333. The molecule has 0 bridgehead atoms. The number of nitrogens with one attached hydrogen (secondary N) is 1. The molecule has 8 heteroatoms. The molecular weight excluding hydrogens is 380 g/mol. The molecule has 2 N–H and O–H groups in total. The number of rotatable bonds is 5. The van der Waals surface area contributed by atoms with Crippen LogP contribution in [0.15, 0.2) is 36.7 Å². The second-order valence-corrected chi connectivity index (χ2v) is 7.86. The lowest BCUT2D eigenvalue weighted by atomic mass is 9.82. The number of hydrogen-bond acceptors (Lipinski definition) is 4. The van der Waals surface area contributed by atoms with E-state index in [2.05, 4.69) is 9.97 Å². The van der Waals surface area contributed by atoms with E-state index in [1.54, 1.807) is 31.5 Å². The Morgan fingerprint density at radius 3 is 2.69 bits per heavy atom. The van der Waals surface area contributed by atoms with Crippen LogP contribution < -0.4 is 9.64 Å². The molecule has 1 aliphatic carbocycles. The maximum atomic E-state index is 14.9. The molecule has 1 amide bonds. The molecule has 1 aliphatic heterocycles. The van der Waals surface area contributed by atoms with Crippen molar-refractivity contribution in [3.05, 3.63) is 53.9 Å². The number of carbonyl (C=O) groups is 1. The van der Waals surface area contributed by atoms with Crippen molar-refractivity contribution in [3.63, 3.8) is 0 Å². The Labute approximate surface area is 165 Å². The zero-order chi connectivity index (χ0) is 20.3. The molecule has 3 aromatic rings. The van der Waals surface area contributed by atoms with E-state index in [0.717, 1.165) is 17.6 Å². The summed E-state index contributed by atoms with van der Waals surface area (Å²) in [6, 6.07) is 6.66.